The van der Waals surface area contributed by atoms with Gasteiger partial charge < -0.3 is 15.4 Å². The Morgan fingerprint density at radius 2 is 1.77 bits per heavy atom. The van der Waals surface area contributed by atoms with Gasteiger partial charge in [-0.15, -0.1) is 0 Å². The Morgan fingerprint density at radius 1 is 1.00 bits per heavy atom. The van der Waals surface area contributed by atoms with Crippen LogP contribution in [-0.4, -0.2) is 23.3 Å². The third kappa shape index (κ3) is 6.13. The van der Waals surface area contributed by atoms with Gasteiger partial charge in [-0.1, -0.05) is 24.3 Å². The SMILES string of the molecule is Cc1ccccc1C(=O)NCCC(=O)NCc1ccc(Oc2ccc(F)cc2)nc1. The van der Waals surface area contributed by atoms with Crippen molar-refractivity contribution in [2.45, 2.75) is 19.9 Å². The Morgan fingerprint density at radius 3 is 2.47 bits per heavy atom. The number of carbonyl (C=O) groups is 2. The highest BCUT2D eigenvalue weighted by molar-refractivity contribution is 5.95. The molecule has 6 nitrogen and oxygen atoms in total. The van der Waals surface area contributed by atoms with Crippen LogP contribution < -0.4 is 15.4 Å². The number of rotatable bonds is 8. The van der Waals surface area contributed by atoms with E-state index in [4.69, 9.17) is 4.74 Å². The highest BCUT2D eigenvalue weighted by atomic mass is 19.1. The molecule has 3 aromatic rings. The third-order valence-corrected chi connectivity index (χ3v) is 4.35. The van der Waals surface area contributed by atoms with Gasteiger partial charge in [0.25, 0.3) is 5.91 Å². The molecule has 154 valence electrons. The first-order valence-electron chi connectivity index (χ1n) is 9.50. The molecule has 1 aromatic heterocycles. The van der Waals surface area contributed by atoms with E-state index in [1.54, 1.807) is 30.5 Å². The number of halogens is 1. The summed E-state index contributed by atoms with van der Waals surface area (Å²) in [7, 11) is 0. The number of nitrogens with zero attached hydrogens (tertiary/aromatic N) is 1. The van der Waals surface area contributed by atoms with E-state index < -0.39 is 0 Å². The molecule has 0 aliphatic rings. The zero-order valence-electron chi connectivity index (χ0n) is 16.5. The highest BCUT2D eigenvalue weighted by Gasteiger charge is 2.09. The second-order valence-electron chi connectivity index (χ2n) is 6.66. The van der Waals surface area contributed by atoms with Crippen molar-refractivity contribution in [3.63, 3.8) is 0 Å². The fourth-order valence-corrected chi connectivity index (χ4v) is 2.70. The van der Waals surface area contributed by atoms with Crippen molar-refractivity contribution in [1.82, 2.24) is 15.6 Å². The fourth-order valence-electron chi connectivity index (χ4n) is 2.70. The maximum atomic E-state index is 12.9. The van der Waals surface area contributed by atoms with Crippen LogP contribution in [0.3, 0.4) is 0 Å². The smallest absolute Gasteiger partial charge is 0.251 e. The number of carbonyl (C=O) groups excluding carboxylic acids is 2. The number of hydrogen-bond acceptors (Lipinski definition) is 4. The minimum atomic E-state index is -0.337. The first kappa shape index (κ1) is 21.0. The van der Waals surface area contributed by atoms with Crippen LogP contribution in [0.25, 0.3) is 0 Å². The maximum absolute atomic E-state index is 12.9. The van der Waals surface area contributed by atoms with Crippen LogP contribution in [0, 0.1) is 12.7 Å². The topological polar surface area (TPSA) is 80.3 Å². The predicted octanol–water partition coefficient (Wildman–Crippen LogP) is 3.76. The molecule has 1 heterocycles. The first-order chi connectivity index (χ1) is 14.5. The lowest BCUT2D eigenvalue weighted by Gasteiger charge is -2.09. The second-order valence-corrected chi connectivity index (χ2v) is 6.66. The summed E-state index contributed by atoms with van der Waals surface area (Å²) in [4.78, 5) is 28.3. The average Bonchev–Trinajstić information content (AvgIpc) is 2.75. The van der Waals surface area contributed by atoms with Crippen molar-refractivity contribution in [2.75, 3.05) is 6.54 Å². The van der Waals surface area contributed by atoms with Gasteiger partial charge in [-0.25, -0.2) is 9.37 Å². The van der Waals surface area contributed by atoms with E-state index in [1.165, 1.54) is 24.3 Å². The van der Waals surface area contributed by atoms with Crippen LogP contribution in [0.15, 0.2) is 66.9 Å². The summed E-state index contributed by atoms with van der Waals surface area (Å²) in [5.41, 5.74) is 2.30. The van der Waals surface area contributed by atoms with E-state index in [2.05, 4.69) is 15.6 Å². The largest absolute Gasteiger partial charge is 0.439 e. The van der Waals surface area contributed by atoms with Crippen molar-refractivity contribution in [3.05, 3.63) is 89.4 Å². The van der Waals surface area contributed by atoms with Crippen LogP contribution in [0.5, 0.6) is 11.6 Å². The summed E-state index contributed by atoms with van der Waals surface area (Å²) in [5, 5.41) is 5.54. The Bertz CT molecular complexity index is 1000. The number of pyridine rings is 1. The third-order valence-electron chi connectivity index (χ3n) is 4.35. The summed E-state index contributed by atoms with van der Waals surface area (Å²) in [6.07, 6.45) is 1.77. The normalized spacial score (nSPS) is 10.3. The van der Waals surface area contributed by atoms with Gasteiger partial charge in [0.2, 0.25) is 11.8 Å². The predicted molar refractivity (Wildman–Crippen MR) is 111 cm³/mol. The van der Waals surface area contributed by atoms with Gasteiger partial charge in [-0.2, -0.15) is 0 Å². The van der Waals surface area contributed by atoms with Crippen molar-refractivity contribution < 1.29 is 18.7 Å². The molecule has 0 unspecified atom stereocenters. The quantitative estimate of drug-likeness (QED) is 0.596. The summed E-state index contributed by atoms with van der Waals surface area (Å²) < 4.78 is 18.4. The number of nitrogens with one attached hydrogen (secondary N) is 2. The lowest BCUT2D eigenvalue weighted by Crippen LogP contribution is -2.30. The van der Waals surface area contributed by atoms with Gasteiger partial charge in [0.1, 0.15) is 11.6 Å². The molecule has 0 saturated heterocycles. The van der Waals surface area contributed by atoms with Gasteiger partial charge >= 0.3 is 0 Å². The number of aromatic nitrogens is 1. The Labute approximate surface area is 174 Å². The van der Waals surface area contributed by atoms with Crippen molar-refractivity contribution in [1.29, 1.82) is 0 Å². The van der Waals surface area contributed by atoms with E-state index in [0.29, 0.717) is 23.7 Å². The molecule has 7 heteroatoms. The molecule has 0 aliphatic heterocycles. The van der Waals surface area contributed by atoms with Crippen molar-refractivity contribution in [2.24, 2.45) is 0 Å². The molecule has 0 saturated carbocycles. The Kier molecular flexibility index (Phi) is 7.10. The molecule has 2 aromatic carbocycles. The molecule has 0 atom stereocenters. The van der Waals surface area contributed by atoms with E-state index in [-0.39, 0.29) is 30.6 Å². The summed E-state index contributed by atoms with van der Waals surface area (Å²) >= 11 is 0. The molecule has 0 spiro atoms. The molecule has 2 amide bonds. The van der Waals surface area contributed by atoms with Crippen LogP contribution in [0.4, 0.5) is 4.39 Å². The minimum absolute atomic E-state index is 0.174. The van der Waals surface area contributed by atoms with E-state index >= 15 is 0 Å². The fraction of sp³-hybridized carbons (Fsp3) is 0.174. The van der Waals surface area contributed by atoms with Gasteiger partial charge in [-0.3, -0.25) is 9.59 Å². The van der Waals surface area contributed by atoms with Gasteiger partial charge in [0, 0.05) is 37.3 Å². The monoisotopic (exact) mass is 407 g/mol. The second kappa shape index (κ2) is 10.2. The van der Waals surface area contributed by atoms with Gasteiger partial charge in [0.05, 0.1) is 0 Å². The highest BCUT2D eigenvalue weighted by Crippen LogP contribution is 2.19. The van der Waals surface area contributed by atoms with E-state index in [9.17, 15) is 14.0 Å². The maximum Gasteiger partial charge on any atom is 0.251 e. The molecular formula is C23H22FN3O3. The molecule has 2 N–H and O–H groups in total. The molecular weight excluding hydrogens is 385 g/mol. The van der Waals surface area contributed by atoms with E-state index in [0.717, 1.165) is 11.1 Å². The number of benzene rings is 2. The van der Waals surface area contributed by atoms with Gasteiger partial charge in [-0.05, 0) is 48.4 Å². The molecule has 0 fully saturated rings. The van der Waals surface area contributed by atoms with Crippen LogP contribution in [0.1, 0.15) is 27.9 Å². The number of hydrogen-bond donors (Lipinski definition) is 2. The molecule has 30 heavy (non-hydrogen) atoms. The van der Waals surface area contributed by atoms with Crippen molar-refractivity contribution >= 4 is 11.8 Å². The number of amides is 2. The summed E-state index contributed by atoms with van der Waals surface area (Å²) in [5.74, 6) is 0.151. The number of aryl methyl sites for hydroxylation is 1. The zero-order chi connectivity index (χ0) is 21.3. The molecule has 3 rings (SSSR count). The van der Waals surface area contributed by atoms with Crippen LogP contribution in [0.2, 0.25) is 0 Å². The molecule has 0 aliphatic carbocycles. The first-order valence-corrected chi connectivity index (χ1v) is 9.50. The Balaban J connectivity index is 1.39. The molecule has 0 bridgehead atoms. The Hall–Kier alpha value is -3.74. The van der Waals surface area contributed by atoms with Gasteiger partial charge in [0.15, 0.2) is 0 Å². The lowest BCUT2D eigenvalue weighted by molar-refractivity contribution is -0.121. The summed E-state index contributed by atoms with van der Waals surface area (Å²) in [6, 6.07) is 16.4. The average molecular weight is 407 g/mol. The van der Waals surface area contributed by atoms with Crippen molar-refractivity contribution in [3.8, 4) is 11.6 Å². The zero-order valence-corrected chi connectivity index (χ0v) is 16.5. The van der Waals surface area contributed by atoms with Crippen LogP contribution in [-0.2, 0) is 11.3 Å². The van der Waals surface area contributed by atoms with Crippen LogP contribution >= 0.6 is 0 Å². The minimum Gasteiger partial charge on any atom is -0.439 e. The lowest BCUT2D eigenvalue weighted by atomic mass is 10.1. The molecule has 0 radical (unpaired) electrons. The number of ether oxygens (including phenoxy) is 1. The summed E-state index contributed by atoms with van der Waals surface area (Å²) in [6.45, 7) is 2.43. The standard InChI is InChI=1S/C23H22FN3O3/c1-16-4-2-3-5-20(16)23(29)25-13-12-21(28)26-14-17-6-11-22(27-15-17)30-19-9-7-18(24)8-10-19/h2-11,15H,12-14H2,1H3,(H,25,29)(H,26,28). The van der Waals surface area contributed by atoms with E-state index in [1.807, 2.05) is 19.1 Å².